The average molecular weight is 507 g/mol. The Hall–Kier alpha value is -4.38. The highest BCUT2D eigenvalue weighted by Crippen LogP contribution is 2.27. The van der Waals surface area contributed by atoms with E-state index >= 15 is 0 Å². The molecule has 0 radical (unpaired) electrons. The van der Waals surface area contributed by atoms with Crippen LogP contribution in [-0.2, 0) is 18.4 Å². The molecule has 1 atom stereocenters. The summed E-state index contributed by atoms with van der Waals surface area (Å²) in [6, 6.07) is 0.966. The minimum Gasteiger partial charge on any atom is -0.341 e. The van der Waals surface area contributed by atoms with E-state index in [9.17, 15) is 14.4 Å². The van der Waals surface area contributed by atoms with Gasteiger partial charge in [-0.2, -0.15) is 5.26 Å². The summed E-state index contributed by atoms with van der Waals surface area (Å²) in [5.74, 6) is 0.634. The first-order valence-electron chi connectivity index (χ1n) is 11.3. The zero-order valence-corrected chi connectivity index (χ0v) is 20.4. The molecule has 0 saturated carbocycles. The summed E-state index contributed by atoms with van der Waals surface area (Å²) in [5.41, 5.74) is -0.392. The largest absolute Gasteiger partial charge is 0.341 e. The molecule has 1 aliphatic heterocycles. The number of aryl methyl sites for hydroxylation is 1. The summed E-state index contributed by atoms with van der Waals surface area (Å²) in [7, 11) is 1.46. The molecule has 0 aromatic carbocycles. The maximum absolute atomic E-state index is 13.0. The molecule has 13 nitrogen and oxygen atoms in total. The number of aromatic nitrogens is 7. The fraction of sp³-hybridized carbons (Fsp3) is 0.364. The molecule has 0 bridgehead atoms. The van der Waals surface area contributed by atoms with Crippen LogP contribution in [0.1, 0.15) is 25.8 Å². The summed E-state index contributed by atoms with van der Waals surface area (Å²) in [4.78, 5) is 58.0. The number of anilines is 2. The van der Waals surface area contributed by atoms with Crippen LogP contribution in [0.5, 0.6) is 0 Å². The Kier molecular flexibility index (Phi) is 6.06. The molecule has 4 aromatic rings. The second-order valence-electron chi connectivity index (χ2n) is 8.38. The van der Waals surface area contributed by atoms with Crippen molar-refractivity contribution < 1.29 is 4.79 Å². The number of imidazole rings is 1. The molecule has 184 valence electrons. The third-order valence-electron chi connectivity index (χ3n) is 6.11. The number of fused-ring (bicyclic) bond motifs is 1. The van der Waals surface area contributed by atoms with E-state index in [1.54, 1.807) is 24.7 Å². The smallest absolute Gasteiger partial charge is 0.333 e. The van der Waals surface area contributed by atoms with Gasteiger partial charge in [0, 0.05) is 43.5 Å². The van der Waals surface area contributed by atoms with Crippen LogP contribution in [0.3, 0.4) is 0 Å². The fourth-order valence-electron chi connectivity index (χ4n) is 4.13. The first-order valence-corrected chi connectivity index (χ1v) is 12.1. The Labute approximate surface area is 208 Å². The first-order chi connectivity index (χ1) is 17.4. The Morgan fingerprint density at radius 1 is 1.22 bits per heavy atom. The molecule has 5 heterocycles. The number of hydrogen-bond donors (Lipinski definition) is 1. The molecule has 1 N–H and O–H groups in total. The number of nitrogens with one attached hydrogen (secondary N) is 1. The summed E-state index contributed by atoms with van der Waals surface area (Å²) >= 11 is 1.35. The highest BCUT2D eigenvalue weighted by Gasteiger charge is 2.23. The SMILES string of the molecule is C[C@@H](C(=O)Nc1csc(-c2cnc(N3CCCC3)nc2)n1)n1cnc2c1c(=O)n(CC#N)c(=O)n2C. The minimum absolute atomic E-state index is 0.0595. The van der Waals surface area contributed by atoms with Gasteiger partial charge in [0.1, 0.15) is 23.4 Å². The summed E-state index contributed by atoms with van der Waals surface area (Å²) in [5, 5.41) is 14.1. The van der Waals surface area contributed by atoms with Crippen molar-refractivity contribution in [3.05, 3.63) is 44.9 Å². The molecule has 0 unspecified atom stereocenters. The van der Waals surface area contributed by atoms with Crippen LogP contribution in [0.2, 0.25) is 0 Å². The lowest BCUT2D eigenvalue weighted by Gasteiger charge is -2.14. The van der Waals surface area contributed by atoms with Gasteiger partial charge in [-0.15, -0.1) is 11.3 Å². The predicted molar refractivity (Wildman–Crippen MR) is 133 cm³/mol. The van der Waals surface area contributed by atoms with Crippen molar-refractivity contribution in [2.75, 3.05) is 23.3 Å². The van der Waals surface area contributed by atoms with Gasteiger partial charge in [0.05, 0.1) is 12.4 Å². The molecular formula is C22H22N10O3S. The molecule has 5 rings (SSSR count). The highest BCUT2D eigenvalue weighted by molar-refractivity contribution is 7.13. The van der Waals surface area contributed by atoms with Gasteiger partial charge < -0.3 is 14.8 Å². The van der Waals surface area contributed by atoms with E-state index in [2.05, 4.69) is 30.2 Å². The molecule has 1 aliphatic rings. The lowest BCUT2D eigenvalue weighted by molar-refractivity contribution is -0.118. The van der Waals surface area contributed by atoms with Crippen LogP contribution in [0.15, 0.2) is 33.7 Å². The standard InChI is InChI=1S/C22H22N10O3S/c1-13(32-12-26-17-16(32)20(34)31(8-5-23)22(35)29(17)2)18(33)27-15-11-36-19(28-15)14-9-24-21(25-10-14)30-6-3-4-7-30/h9-13H,3-4,6-8H2,1-2H3,(H,27,33)/t13-/m0/s1. The third-order valence-corrected chi connectivity index (χ3v) is 7.00. The summed E-state index contributed by atoms with van der Waals surface area (Å²) in [6.45, 7) is 3.12. The molecular weight excluding hydrogens is 484 g/mol. The van der Waals surface area contributed by atoms with Crippen LogP contribution in [-0.4, -0.2) is 52.6 Å². The number of nitriles is 1. The number of rotatable bonds is 6. The minimum atomic E-state index is -0.844. The molecule has 1 saturated heterocycles. The van der Waals surface area contributed by atoms with Gasteiger partial charge in [0.15, 0.2) is 11.2 Å². The second-order valence-corrected chi connectivity index (χ2v) is 9.24. The number of thiazole rings is 1. The number of carbonyl (C=O) groups is 1. The van der Waals surface area contributed by atoms with Crippen LogP contribution in [0.4, 0.5) is 11.8 Å². The van der Waals surface area contributed by atoms with Gasteiger partial charge in [0.2, 0.25) is 11.9 Å². The van der Waals surface area contributed by atoms with Crippen LogP contribution in [0, 0.1) is 11.3 Å². The van der Waals surface area contributed by atoms with Gasteiger partial charge in [-0.25, -0.2) is 29.3 Å². The molecule has 1 amide bonds. The lowest BCUT2D eigenvalue weighted by Crippen LogP contribution is -2.40. The van der Waals surface area contributed by atoms with E-state index in [0.29, 0.717) is 16.8 Å². The number of carbonyl (C=O) groups excluding carboxylic acids is 1. The molecule has 0 spiro atoms. The maximum Gasteiger partial charge on any atom is 0.333 e. The quantitative estimate of drug-likeness (QED) is 0.405. The zero-order chi connectivity index (χ0) is 25.4. The van der Waals surface area contributed by atoms with E-state index in [1.807, 2.05) is 6.07 Å². The van der Waals surface area contributed by atoms with Crippen molar-refractivity contribution in [1.82, 2.24) is 33.6 Å². The van der Waals surface area contributed by atoms with E-state index in [1.165, 1.54) is 33.8 Å². The molecule has 36 heavy (non-hydrogen) atoms. The van der Waals surface area contributed by atoms with Crippen molar-refractivity contribution in [1.29, 1.82) is 5.26 Å². The number of hydrogen-bond acceptors (Lipinski definition) is 10. The maximum atomic E-state index is 13.0. The fourth-order valence-corrected chi connectivity index (χ4v) is 4.85. The molecule has 1 fully saturated rings. The lowest BCUT2D eigenvalue weighted by atomic mass is 10.3. The summed E-state index contributed by atoms with van der Waals surface area (Å²) < 4.78 is 3.38. The van der Waals surface area contributed by atoms with E-state index < -0.39 is 29.7 Å². The third kappa shape index (κ3) is 4.03. The predicted octanol–water partition coefficient (Wildman–Crippen LogP) is 1.13. The Morgan fingerprint density at radius 3 is 2.64 bits per heavy atom. The Bertz CT molecular complexity index is 1600. The topological polar surface area (TPSA) is 157 Å². The van der Waals surface area contributed by atoms with Crippen molar-refractivity contribution >= 4 is 40.2 Å². The Morgan fingerprint density at radius 2 is 1.94 bits per heavy atom. The van der Waals surface area contributed by atoms with Crippen LogP contribution in [0.25, 0.3) is 21.7 Å². The van der Waals surface area contributed by atoms with Gasteiger partial charge >= 0.3 is 5.69 Å². The van der Waals surface area contributed by atoms with Crippen LogP contribution >= 0.6 is 11.3 Å². The van der Waals surface area contributed by atoms with Crippen LogP contribution < -0.4 is 21.5 Å². The second kappa shape index (κ2) is 9.34. The highest BCUT2D eigenvalue weighted by atomic mass is 32.1. The van der Waals surface area contributed by atoms with Gasteiger partial charge in [-0.3, -0.25) is 14.2 Å². The van der Waals surface area contributed by atoms with E-state index in [0.717, 1.165) is 36.1 Å². The van der Waals surface area contributed by atoms with Crippen molar-refractivity contribution in [2.24, 2.45) is 7.05 Å². The Balaban J connectivity index is 1.36. The van der Waals surface area contributed by atoms with Gasteiger partial charge in [-0.05, 0) is 19.8 Å². The first kappa shape index (κ1) is 23.4. The van der Waals surface area contributed by atoms with Crippen molar-refractivity contribution in [3.63, 3.8) is 0 Å². The number of nitrogens with zero attached hydrogens (tertiary/aromatic N) is 9. The van der Waals surface area contributed by atoms with Gasteiger partial charge in [0.25, 0.3) is 5.56 Å². The summed E-state index contributed by atoms with van der Waals surface area (Å²) in [6.07, 6.45) is 7.06. The van der Waals surface area contributed by atoms with Crippen molar-refractivity contribution in [3.8, 4) is 16.6 Å². The number of amides is 1. The molecule has 4 aromatic heterocycles. The molecule has 14 heteroatoms. The molecule has 0 aliphatic carbocycles. The monoisotopic (exact) mass is 506 g/mol. The van der Waals surface area contributed by atoms with Crippen molar-refractivity contribution in [2.45, 2.75) is 32.4 Å². The van der Waals surface area contributed by atoms with Gasteiger partial charge in [-0.1, -0.05) is 0 Å². The van der Waals surface area contributed by atoms with E-state index in [-0.39, 0.29) is 11.2 Å². The normalized spacial score (nSPS) is 14.2. The van der Waals surface area contributed by atoms with E-state index in [4.69, 9.17) is 5.26 Å². The average Bonchev–Trinajstić information content (AvgIpc) is 3.66. The zero-order valence-electron chi connectivity index (χ0n) is 19.6.